The van der Waals surface area contributed by atoms with Crippen LogP contribution in [0.15, 0.2) is 30.6 Å². The van der Waals surface area contributed by atoms with Crippen LogP contribution in [0, 0.1) is 5.92 Å². The summed E-state index contributed by atoms with van der Waals surface area (Å²) in [7, 11) is 0. The van der Waals surface area contributed by atoms with Crippen molar-refractivity contribution in [1.29, 1.82) is 0 Å². The minimum atomic E-state index is -0.0896. The molecule has 0 atom stereocenters. The van der Waals surface area contributed by atoms with Crippen LogP contribution in [0.25, 0.3) is 0 Å². The van der Waals surface area contributed by atoms with Gasteiger partial charge in [-0.25, -0.2) is 9.97 Å². The number of rotatable bonds is 7. The van der Waals surface area contributed by atoms with Crippen molar-refractivity contribution < 1.29 is 14.3 Å². The van der Waals surface area contributed by atoms with Gasteiger partial charge in [0.15, 0.2) is 0 Å². The van der Waals surface area contributed by atoms with Crippen molar-refractivity contribution in [2.75, 3.05) is 19.8 Å². The van der Waals surface area contributed by atoms with Crippen LogP contribution in [-0.2, 0) is 13.0 Å². The molecule has 1 amide bonds. The maximum absolute atomic E-state index is 12.8. The van der Waals surface area contributed by atoms with Crippen molar-refractivity contribution in [2.45, 2.75) is 39.2 Å². The van der Waals surface area contributed by atoms with Gasteiger partial charge in [0.05, 0.1) is 25.6 Å². The van der Waals surface area contributed by atoms with E-state index in [1.54, 1.807) is 6.20 Å². The zero-order chi connectivity index (χ0) is 18.6. The topological polar surface area (TPSA) is 64.5 Å². The van der Waals surface area contributed by atoms with Crippen LogP contribution < -0.4 is 9.47 Å². The molecule has 2 aromatic rings. The number of carbonyl (C=O) groups is 1. The maximum Gasteiger partial charge on any atom is 0.274 e. The molecule has 4 rings (SSSR count). The third-order valence-corrected chi connectivity index (χ3v) is 4.96. The quantitative estimate of drug-likeness (QED) is 0.752. The second-order valence-electron chi connectivity index (χ2n) is 7.25. The molecule has 2 heterocycles. The van der Waals surface area contributed by atoms with Crippen molar-refractivity contribution in [1.82, 2.24) is 14.9 Å². The largest absolute Gasteiger partial charge is 0.494 e. The number of hydrogen-bond donors (Lipinski definition) is 0. The van der Waals surface area contributed by atoms with E-state index in [0.717, 1.165) is 30.8 Å². The Hall–Kier alpha value is -2.63. The summed E-state index contributed by atoms with van der Waals surface area (Å²) >= 11 is 0. The van der Waals surface area contributed by atoms with E-state index in [4.69, 9.17) is 9.47 Å². The van der Waals surface area contributed by atoms with Crippen molar-refractivity contribution in [3.63, 3.8) is 0 Å². The Labute approximate surface area is 159 Å². The normalized spacial score (nSPS) is 16.0. The zero-order valence-electron chi connectivity index (χ0n) is 15.7. The molecule has 0 unspecified atom stereocenters. The van der Waals surface area contributed by atoms with E-state index >= 15 is 0 Å². The Morgan fingerprint density at radius 3 is 2.81 bits per heavy atom. The van der Waals surface area contributed by atoms with E-state index in [1.165, 1.54) is 24.6 Å². The molecular weight excluding hydrogens is 342 g/mol. The number of ether oxygens (including phenoxy) is 2. The average molecular weight is 367 g/mol. The second kappa shape index (κ2) is 7.94. The molecule has 2 aliphatic rings. The molecule has 0 spiro atoms. The Morgan fingerprint density at radius 1 is 1.19 bits per heavy atom. The number of nitrogens with zero attached hydrogens (tertiary/aromatic N) is 3. The van der Waals surface area contributed by atoms with Crippen LogP contribution in [0.1, 0.15) is 47.8 Å². The van der Waals surface area contributed by atoms with Gasteiger partial charge in [0.1, 0.15) is 11.4 Å². The first-order valence-corrected chi connectivity index (χ1v) is 9.71. The molecule has 6 nitrogen and oxygen atoms in total. The van der Waals surface area contributed by atoms with Crippen molar-refractivity contribution >= 4 is 5.91 Å². The number of aromatic nitrogens is 2. The minimum Gasteiger partial charge on any atom is -0.494 e. The average Bonchev–Trinajstić information content (AvgIpc) is 3.54. The van der Waals surface area contributed by atoms with E-state index in [1.807, 2.05) is 11.0 Å². The van der Waals surface area contributed by atoms with Crippen LogP contribution in [0.2, 0.25) is 0 Å². The van der Waals surface area contributed by atoms with Crippen LogP contribution >= 0.6 is 0 Å². The summed E-state index contributed by atoms with van der Waals surface area (Å²) in [5.41, 5.74) is 2.78. The minimum absolute atomic E-state index is 0.0896. The lowest BCUT2D eigenvalue weighted by Gasteiger charge is -2.29. The van der Waals surface area contributed by atoms with Gasteiger partial charge in [-0.1, -0.05) is 13.0 Å². The third kappa shape index (κ3) is 4.38. The van der Waals surface area contributed by atoms with E-state index in [2.05, 4.69) is 29.0 Å². The first kappa shape index (κ1) is 17.8. The zero-order valence-corrected chi connectivity index (χ0v) is 15.7. The fourth-order valence-corrected chi connectivity index (χ4v) is 3.16. The lowest BCUT2D eigenvalue weighted by molar-refractivity contribution is 0.0728. The van der Waals surface area contributed by atoms with Crippen LogP contribution in [0.5, 0.6) is 11.6 Å². The molecule has 27 heavy (non-hydrogen) atoms. The Morgan fingerprint density at radius 2 is 2.07 bits per heavy atom. The highest BCUT2D eigenvalue weighted by atomic mass is 16.5. The number of fused-ring (bicyclic) bond motifs is 1. The van der Waals surface area contributed by atoms with Gasteiger partial charge in [0, 0.05) is 13.1 Å². The summed E-state index contributed by atoms with van der Waals surface area (Å²) < 4.78 is 11.3. The Kier molecular flexibility index (Phi) is 5.23. The molecule has 1 aromatic carbocycles. The van der Waals surface area contributed by atoms with E-state index < -0.39 is 0 Å². The van der Waals surface area contributed by atoms with E-state index in [-0.39, 0.29) is 5.91 Å². The number of carbonyl (C=O) groups excluding carboxylic acids is 1. The number of amides is 1. The summed E-state index contributed by atoms with van der Waals surface area (Å²) in [6, 6.07) is 6.13. The monoisotopic (exact) mass is 367 g/mol. The molecule has 0 saturated heterocycles. The molecular formula is C21H25N3O3. The predicted octanol–water partition coefficient (Wildman–Crippen LogP) is 3.25. The van der Waals surface area contributed by atoms with Gasteiger partial charge in [-0.2, -0.15) is 0 Å². The summed E-state index contributed by atoms with van der Waals surface area (Å²) in [6.07, 6.45) is 7.33. The van der Waals surface area contributed by atoms with Crippen molar-refractivity contribution in [3.05, 3.63) is 47.4 Å². The Balaban J connectivity index is 1.38. The Bertz CT molecular complexity index is 803. The highest BCUT2D eigenvalue weighted by Gasteiger charge is 2.24. The van der Waals surface area contributed by atoms with Gasteiger partial charge in [-0.3, -0.25) is 4.79 Å². The smallest absolute Gasteiger partial charge is 0.274 e. The first-order valence-electron chi connectivity index (χ1n) is 9.71. The first-order chi connectivity index (χ1) is 13.2. The standard InChI is InChI=1S/C21H25N3O3/c1-2-9-26-18-6-5-17-13-24(8-7-16(17)10-18)21(25)19-11-23-20(12-22-19)27-14-15-3-4-15/h5-6,10-12,15H,2-4,7-9,13-14H2,1H3. The van der Waals surface area contributed by atoms with Gasteiger partial charge >= 0.3 is 0 Å². The SMILES string of the molecule is CCCOc1ccc2c(c1)CCN(C(=O)c1cnc(OCC3CC3)cn1)C2. The van der Waals surface area contributed by atoms with Gasteiger partial charge in [-0.15, -0.1) is 0 Å². The molecule has 0 bridgehead atoms. The van der Waals surface area contributed by atoms with Gasteiger partial charge in [0.2, 0.25) is 5.88 Å². The van der Waals surface area contributed by atoms with E-state index in [9.17, 15) is 4.79 Å². The molecule has 1 aliphatic carbocycles. The van der Waals surface area contributed by atoms with Crippen LogP contribution in [-0.4, -0.2) is 40.5 Å². The predicted molar refractivity (Wildman–Crippen MR) is 101 cm³/mol. The molecule has 1 saturated carbocycles. The number of benzene rings is 1. The molecule has 1 aromatic heterocycles. The van der Waals surface area contributed by atoms with E-state index in [0.29, 0.717) is 37.2 Å². The van der Waals surface area contributed by atoms with Crippen molar-refractivity contribution in [2.24, 2.45) is 5.92 Å². The fraction of sp³-hybridized carbons (Fsp3) is 0.476. The van der Waals surface area contributed by atoms with Crippen LogP contribution in [0.4, 0.5) is 0 Å². The van der Waals surface area contributed by atoms with Gasteiger partial charge in [-0.05, 0) is 54.9 Å². The summed E-state index contributed by atoms with van der Waals surface area (Å²) in [5.74, 6) is 1.97. The number of hydrogen-bond acceptors (Lipinski definition) is 5. The van der Waals surface area contributed by atoms with Gasteiger partial charge in [0.25, 0.3) is 5.91 Å². The summed E-state index contributed by atoms with van der Waals surface area (Å²) in [5, 5.41) is 0. The second-order valence-corrected chi connectivity index (χ2v) is 7.25. The molecule has 0 radical (unpaired) electrons. The third-order valence-electron chi connectivity index (χ3n) is 4.96. The molecule has 1 fully saturated rings. The lowest BCUT2D eigenvalue weighted by atomic mass is 9.99. The molecule has 6 heteroatoms. The molecule has 142 valence electrons. The van der Waals surface area contributed by atoms with Gasteiger partial charge < -0.3 is 14.4 Å². The highest BCUT2D eigenvalue weighted by molar-refractivity contribution is 5.92. The van der Waals surface area contributed by atoms with Crippen molar-refractivity contribution in [3.8, 4) is 11.6 Å². The molecule has 0 N–H and O–H groups in total. The van der Waals surface area contributed by atoms with Crippen LogP contribution in [0.3, 0.4) is 0 Å². The summed E-state index contributed by atoms with van der Waals surface area (Å²) in [6.45, 7) is 4.77. The highest BCUT2D eigenvalue weighted by Crippen LogP contribution is 2.29. The lowest BCUT2D eigenvalue weighted by Crippen LogP contribution is -2.36. The summed E-state index contributed by atoms with van der Waals surface area (Å²) in [4.78, 5) is 23.1. The fourth-order valence-electron chi connectivity index (χ4n) is 3.16. The molecule has 1 aliphatic heterocycles. The maximum atomic E-state index is 12.8.